The molecule has 3 rings (SSSR count). The highest BCUT2D eigenvalue weighted by molar-refractivity contribution is 7.17. The van der Waals surface area contributed by atoms with Crippen molar-refractivity contribution < 1.29 is 4.79 Å². The lowest BCUT2D eigenvalue weighted by atomic mass is 10.0. The van der Waals surface area contributed by atoms with Crippen LogP contribution >= 0.6 is 11.3 Å². The van der Waals surface area contributed by atoms with Gasteiger partial charge in [0.2, 0.25) is 0 Å². The Kier molecular flexibility index (Phi) is 3.05. The molecule has 0 amide bonds. The third-order valence-electron chi connectivity index (χ3n) is 3.14. The van der Waals surface area contributed by atoms with E-state index >= 15 is 0 Å². The average Bonchev–Trinajstić information content (AvgIpc) is 2.83. The van der Waals surface area contributed by atoms with E-state index in [-0.39, 0.29) is 5.78 Å². The second kappa shape index (κ2) is 4.86. The van der Waals surface area contributed by atoms with Gasteiger partial charge in [-0.2, -0.15) is 0 Å². The quantitative estimate of drug-likeness (QED) is 0.577. The third kappa shape index (κ3) is 2.37. The van der Waals surface area contributed by atoms with Crippen molar-refractivity contribution in [3.63, 3.8) is 0 Å². The van der Waals surface area contributed by atoms with Crippen LogP contribution in [-0.4, -0.2) is 5.78 Å². The van der Waals surface area contributed by atoms with E-state index in [0.717, 1.165) is 5.56 Å². The molecule has 2 N–H and O–H groups in total. The number of thiophene rings is 1. The maximum absolute atomic E-state index is 12.2. The lowest BCUT2D eigenvalue weighted by Gasteiger charge is -2.01. The number of fused-ring (bicyclic) bond motifs is 1. The zero-order chi connectivity index (χ0) is 13.2. The van der Waals surface area contributed by atoms with E-state index in [1.165, 1.54) is 10.1 Å². The summed E-state index contributed by atoms with van der Waals surface area (Å²) in [5.41, 5.74) is 8.12. The molecule has 19 heavy (non-hydrogen) atoms. The van der Waals surface area contributed by atoms with E-state index in [2.05, 4.69) is 17.5 Å². The third-order valence-corrected chi connectivity index (χ3v) is 4.16. The van der Waals surface area contributed by atoms with Crippen molar-refractivity contribution in [1.82, 2.24) is 0 Å². The number of nitrogen functional groups attached to an aromatic ring is 1. The number of benzene rings is 2. The van der Waals surface area contributed by atoms with Crippen LogP contribution in [0.3, 0.4) is 0 Å². The summed E-state index contributed by atoms with van der Waals surface area (Å²) in [5.74, 6) is 0.128. The largest absolute Gasteiger partial charge is 0.399 e. The van der Waals surface area contributed by atoms with Crippen LogP contribution in [0, 0.1) is 0 Å². The van der Waals surface area contributed by atoms with Crippen LogP contribution in [0.1, 0.15) is 15.9 Å². The van der Waals surface area contributed by atoms with Crippen molar-refractivity contribution in [2.75, 3.05) is 5.73 Å². The van der Waals surface area contributed by atoms with Crippen LogP contribution in [0.5, 0.6) is 0 Å². The number of hydrogen-bond donors (Lipinski definition) is 1. The lowest BCUT2D eigenvalue weighted by molar-refractivity contribution is 0.0993. The minimum absolute atomic E-state index is 0.128. The molecule has 0 saturated carbocycles. The number of carbonyl (C=O) groups excluding carboxylic acids is 1. The summed E-state index contributed by atoms with van der Waals surface area (Å²) >= 11 is 1.68. The van der Waals surface area contributed by atoms with Gasteiger partial charge in [0.25, 0.3) is 0 Å². The number of hydrogen-bond acceptors (Lipinski definition) is 3. The molecule has 1 aromatic heterocycles. The summed E-state index contributed by atoms with van der Waals surface area (Å²) in [4.78, 5) is 12.2. The summed E-state index contributed by atoms with van der Waals surface area (Å²) in [7, 11) is 0. The summed E-state index contributed by atoms with van der Waals surface area (Å²) in [6, 6.07) is 15.3. The molecule has 0 bridgehead atoms. The summed E-state index contributed by atoms with van der Waals surface area (Å²) < 4.78 is 1.22. The predicted octanol–water partition coefficient (Wildman–Crippen LogP) is 3.91. The summed E-state index contributed by atoms with van der Waals surface area (Å²) in [6.07, 6.45) is 0.438. The number of Topliss-reactive ketones (excluding diaryl/α,β-unsaturated/α-hetero) is 1. The number of anilines is 1. The Morgan fingerprint density at radius 3 is 2.58 bits per heavy atom. The van der Waals surface area contributed by atoms with E-state index in [0.29, 0.717) is 17.7 Å². The fourth-order valence-electron chi connectivity index (χ4n) is 2.11. The zero-order valence-corrected chi connectivity index (χ0v) is 11.1. The highest BCUT2D eigenvalue weighted by atomic mass is 32.1. The molecule has 0 fully saturated rings. The van der Waals surface area contributed by atoms with Crippen LogP contribution in [0.25, 0.3) is 10.1 Å². The van der Waals surface area contributed by atoms with Crippen molar-refractivity contribution >= 4 is 32.9 Å². The number of nitrogens with two attached hydrogens (primary N) is 1. The van der Waals surface area contributed by atoms with Crippen molar-refractivity contribution in [1.29, 1.82) is 0 Å². The normalized spacial score (nSPS) is 10.7. The molecule has 0 saturated heterocycles. The average molecular weight is 267 g/mol. The number of ketones is 1. The molecule has 0 aliphatic heterocycles. The van der Waals surface area contributed by atoms with E-state index in [1.807, 2.05) is 12.1 Å². The van der Waals surface area contributed by atoms with E-state index < -0.39 is 0 Å². The maximum Gasteiger partial charge on any atom is 0.167 e. The first-order valence-electron chi connectivity index (χ1n) is 6.08. The van der Waals surface area contributed by atoms with Gasteiger partial charge in [0.05, 0.1) is 0 Å². The molecule has 0 aliphatic carbocycles. The fourth-order valence-corrected chi connectivity index (χ4v) is 3.08. The Morgan fingerprint density at radius 1 is 1.05 bits per heavy atom. The first-order chi connectivity index (χ1) is 9.24. The summed E-state index contributed by atoms with van der Waals surface area (Å²) in [5, 5.41) is 3.25. The van der Waals surface area contributed by atoms with Gasteiger partial charge in [0.15, 0.2) is 5.78 Å². The molecule has 0 aliphatic rings. The molecule has 0 spiro atoms. The zero-order valence-electron chi connectivity index (χ0n) is 10.3. The molecule has 1 heterocycles. The van der Waals surface area contributed by atoms with Gasteiger partial charge in [-0.3, -0.25) is 4.79 Å². The molecular formula is C16H13NOS. The van der Waals surface area contributed by atoms with Gasteiger partial charge >= 0.3 is 0 Å². The Balaban J connectivity index is 1.89. The van der Waals surface area contributed by atoms with Gasteiger partial charge in [-0.15, -0.1) is 11.3 Å². The Labute approximate surface area is 115 Å². The Morgan fingerprint density at radius 2 is 1.79 bits per heavy atom. The van der Waals surface area contributed by atoms with Crippen LogP contribution in [0.4, 0.5) is 5.69 Å². The molecule has 0 radical (unpaired) electrons. The van der Waals surface area contributed by atoms with Crippen LogP contribution in [0.2, 0.25) is 0 Å². The molecule has 2 nitrogen and oxygen atoms in total. The van der Waals surface area contributed by atoms with Gasteiger partial charge in [0.1, 0.15) is 0 Å². The monoisotopic (exact) mass is 267 g/mol. The van der Waals surface area contributed by atoms with Crippen molar-refractivity contribution in [2.45, 2.75) is 6.42 Å². The molecule has 3 aromatic rings. The van der Waals surface area contributed by atoms with Crippen LogP contribution in [0.15, 0.2) is 53.9 Å². The molecule has 3 heteroatoms. The molecule has 0 atom stereocenters. The molecule has 0 unspecified atom stereocenters. The fraction of sp³-hybridized carbons (Fsp3) is 0.0625. The maximum atomic E-state index is 12.2. The van der Waals surface area contributed by atoms with Gasteiger partial charge in [-0.05, 0) is 46.7 Å². The lowest BCUT2D eigenvalue weighted by Crippen LogP contribution is -2.03. The van der Waals surface area contributed by atoms with Gasteiger partial charge in [-0.25, -0.2) is 0 Å². The number of rotatable bonds is 3. The van der Waals surface area contributed by atoms with E-state index in [1.54, 1.807) is 35.6 Å². The van der Waals surface area contributed by atoms with Crippen molar-refractivity contribution in [3.8, 4) is 0 Å². The van der Waals surface area contributed by atoms with E-state index in [9.17, 15) is 4.79 Å². The Bertz CT molecular complexity index is 728. The minimum atomic E-state index is 0.128. The second-order valence-electron chi connectivity index (χ2n) is 4.48. The van der Waals surface area contributed by atoms with Gasteiger partial charge in [-0.1, -0.05) is 18.2 Å². The first-order valence-corrected chi connectivity index (χ1v) is 6.96. The molecule has 2 aromatic carbocycles. The minimum Gasteiger partial charge on any atom is -0.399 e. The first kappa shape index (κ1) is 11.9. The standard InChI is InChI=1S/C16H13NOS/c17-13-7-5-11(6-8-13)15(18)9-12-10-19-16-4-2-1-3-14(12)16/h1-8,10H,9,17H2. The highest BCUT2D eigenvalue weighted by Gasteiger charge is 2.10. The SMILES string of the molecule is Nc1ccc(C(=O)Cc2csc3ccccc23)cc1. The smallest absolute Gasteiger partial charge is 0.167 e. The highest BCUT2D eigenvalue weighted by Crippen LogP contribution is 2.26. The van der Waals surface area contributed by atoms with E-state index in [4.69, 9.17) is 5.73 Å². The summed E-state index contributed by atoms with van der Waals surface area (Å²) in [6.45, 7) is 0. The number of carbonyl (C=O) groups is 1. The van der Waals surface area contributed by atoms with Gasteiger partial charge in [0, 0.05) is 22.4 Å². The van der Waals surface area contributed by atoms with Crippen LogP contribution in [-0.2, 0) is 6.42 Å². The Hall–Kier alpha value is -2.13. The van der Waals surface area contributed by atoms with Gasteiger partial charge < -0.3 is 5.73 Å². The second-order valence-corrected chi connectivity index (χ2v) is 5.39. The van der Waals surface area contributed by atoms with Crippen molar-refractivity contribution in [3.05, 3.63) is 65.0 Å². The molecular weight excluding hydrogens is 254 g/mol. The van der Waals surface area contributed by atoms with Crippen LogP contribution < -0.4 is 5.73 Å². The molecule has 94 valence electrons. The topological polar surface area (TPSA) is 43.1 Å². The predicted molar refractivity (Wildman–Crippen MR) is 80.7 cm³/mol. The van der Waals surface area contributed by atoms with Crippen molar-refractivity contribution in [2.24, 2.45) is 0 Å².